The van der Waals surface area contributed by atoms with Crippen molar-refractivity contribution in [1.82, 2.24) is 5.32 Å². The molecule has 0 fully saturated rings. The first kappa shape index (κ1) is 10.5. The highest BCUT2D eigenvalue weighted by Crippen LogP contribution is 2.02. The highest BCUT2D eigenvalue weighted by Gasteiger charge is 2.01. The number of nitrogens with one attached hydrogen (secondary N) is 1. The van der Waals surface area contributed by atoms with Gasteiger partial charge in [-0.3, -0.25) is 4.79 Å². The van der Waals surface area contributed by atoms with Gasteiger partial charge in [-0.2, -0.15) is 0 Å². The van der Waals surface area contributed by atoms with Gasteiger partial charge in [-0.15, -0.1) is 0 Å². The van der Waals surface area contributed by atoms with E-state index in [1.54, 1.807) is 0 Å². The summed E-state index contributed by atoms with van der Waals surface area (Å²) in [6.07, 6.45) is 2.71. The van der Waals surface area contributed by atoms with Gasteiger partial charge in [0.2, 0.25) is 5.91 Å². The Morgan fingerprint density at radius 1 is 1.64 bits per heavy atom. The molecule has 1 unspecified atom stereocenters. The molecular weight excluding hydrogens is 138 g/mol. The van der Waals surface area contributed by atoms with Crippen molar-refractivity contribution in [1.29, 1.82) is 0 Å². The predicted molar refractivity (Wildman–Crippen MR) is 47.1 cm³/mol. The van der Waals surface area contributed by atoms with E-state index in [2.05, 4.69) is 26.1 Å². The van der Waals surface area contributed by atoms with Crippen LogP contribution in [0.4, 0.5) is 0 Å². The smallest absolute Gasteiger partial charge is 0.220 e. The fraction of sp³-hybridized carbons (Fsp3) is 0.778. The maximum Gasteiger partial charge on any atom is 0.220 e. The Bertz CT molecular complexity index is 112. The summed E-state index contributed by atoms with van der Waals surface area (Å²) in [5.74, 6) is 0.642. The van der Waals surface area contributed by atoms with Crippen LogP contribution in [0.3, 0.4) is 0 Å². The van der Waals surface area contributed by atoms with E-state index in [1.165, 1.54) is 12.8 Å². The molecule has 1 N–H and O–H groups in total. The average molecular weight is 156 g/mol. The second kappa shape index (κ2) is 6.20. The van der Waals surface area contributed by atoms with Gasteiger partial charge in [-0.05, 0) is 19.3 Å². The van der Waals surface area contributed by atoms with E-state index in [0.29, 0.717) is 12.3 Å². The topological polar surface area (TPSA) is 29.1 Å². The third-order valence-electron chi connectivity index (χ3n) is 1.66. The van der Waals surface area contributed by atoms with Crippen LogP contribution in [0, 0.1) is 12.8 Å². The first-order chi connectivity index (χ1) is 5.20. The maximum absolute atomic E-state index is 10.7. The van der Waals surface area contributed by atoms with Gasteiger partial charge < -0.3 is 5.32 Å². The molecule has 1 radical (unpaired) electrons. The third kappa shape index (κ3) is 5.89. The van der Waals surface area contributed by atoms with Crippen molar-refractivity contribution in [3.63, 3.8) is 0 Å². The van der Waals surface area contributed by atoms with Crippen molar-refractivity contribution in [2.45, 2.75) is 33.1 Å². The molecule has 0 aromatic carbocycles. The van der Waals surface area contributed by atoms with Gasteiger partial charge in [-0.1, -0.05) is 20.3 Å². The fourth-order valence-electron chi connectivity index (χ4n) is 0.971. The second-order valence-electron chi connectivity index (χ2n) is 2.95. The molecule has 0 aliphatic rings. The summed E-state index contributed by atoms with van der Waals surface area (Å²) >= 11 is 0. The van der Waals surface area contributed by atoms with Crippen LogP contribution in [0.5, 0.6) is 0 Å². The molecule has 0 spiro atoms. The zero-order chi connectivity index (χ0) is 8.69. The summed E-state index contributed by atoms with van der Waals surface area (Å²) in [6.45, 7) is 8.59. The monoisotopic (exact) mass is 156 g/mol. The largest absolute Gasteiger partial charge is 0.356 e. The highest BCUT2D eigenvalue weighted by atomic mass is 16.1. The zero-order valence-electron chi connectivity index (χ0n) is 7.52. The molecule has 0 aliphatic carbocycles. The Kier molecular flexibility index (Phi) is 5.90. The Balaban J connectivity index is 3.29. The van der Waals surface area contributed by atoms with E-state index in [-0.39, 0.29) is 5.91 Å². The van der Waals surface area contributed by atoms with Crippen LogP contribution in [-0.4, -0.2) is 12.5 Å². The van der Waals surface area contributed by atoms with Crippen LogP contribution >= 0.6 is 0 Å². The SMILES string of the molecule is [CH2]CC(=O)NCC(C)CCC. The van der Waals surface area contributed by atoms with E-state index in [4.69, 9.17) is 0 Å². The van der Waals surface area contributed by atoms with Crippen LogP contribution < -0.4 is 5.32 Å². The molecule has 0 rings (SSSR count). The molecule has 1 amide bonds. The summed E-state index contributed by atoms with van der Waals surface area (Å²) in [5, 5.41) is 2.82. The van der Waals surface area contributed by atoms with Gasteiger partial charge in [0.1, 0.15) is 0 Å². The van der Waals surface area contributed by atoms with Crippen LogP contribution in [0.2, 0.25) is 0 Å². The van der Waals surface area contributed by atoms with Crippen LogP contribution in [0.25, 0.3) is 0 Å². The first-order valence-corrected chi connectivity index (χ1v) is 4.26. The number of carbonyl (C=O) groups is 1. The summed E-state index contributed by atoms with van der Waals surface area (Å²) in [5.41, 5.74) is 0. The van der Waals surface area contributed by atoms with Crippen LogP contribution in [0.15, 0.2) is 0 Å². The third-order valence-corrected chi connectivity index (χ3v) is 1.66. The molecular formula is C9H18NO. The van der Waals surface area contributed by atoms with E-state index >= 15 is 0 Å². The van der Waals surface area contributed by atoms with E-state index in [0.717, 1.165) is 6.54 Å². The minimum Gasteiger partial charge on any atom is -0.356 e. The number of hydrogen-bond donors (Lipinski definition) is 1. The van der Waals surface area contributed by atoms with Crippen LogP contribution in [-0.2, 0) is 4.79 Å². The average Bonchev–Trinajstić information content (AvgIpc) is 2.01. The number of carbonyl (C=O) groups excluding carboxylic acids is 1. The zero-order valence-corrected chi connectivity index (χ0v) is 7.52. The summed E-state index contributed by atoms with van der Waals surface area (Å²) < 4.78 is 0. The minimum atomic E-state index is 0.0490. The van der Waals surface area contributed by atoms with Gasteiger partial charge in [0.15, 0.2) is 0 Å². The number of rotatable bonds is 5. The molecule has 2 heteroatoms. The lowest BCUT2D eigenvalue weighted by molar-refractivity contribution is -0.120. The fourth-order valence-corrected chi connectivity index (χ4v) is 0.971. The molecule has 0 bridgehead atoms. The molecule has 0 aliphatic heterocycles. The highest BCUT2D eigenvalue weighted by molar-refractivity contribution is 5.76. The van der Waals surface area contributed by atoms with Crippen molar-refractivity contribution in [3.8, 4) is 0 Å². The molecule has 0 aromatic heterocycles. The first-order valence-electron chi connectivity index (χ1n) is 4.26. The van der Waals surface area contributed by atoms with E-state index < -0.39 is 0 Å². The maximum atomic E-state index is 10.7. The second-order valence-corrected chi connectivity index (χ2v) is 2.95. The van der Waals surface area contributed by atoms with Gasteiger partial charge in [0.05, 0.1) is 0 Å². The minimum absolute atomic E-state index is 0.0490. The van der Waals surface area contributed by atoms with Gasteiger partial charge in [0, 0.05) is 13.0 Å². The van der Waals surface area contributed by atoms with Gasteiger partial charge in [-0.25, -0.2) is 0 Å². The Hall–Kier alpha value is -0.530. The Morgan fingerprint density at radius 3 is 2.73 bits per heavy atom. The van der Waals surface area contributed by atoms with Gasteiger partial charge in [0.25, 0.3) is 0 Å². The van der Waals surface area contributed by atoms with Crippen molar-refractivity contribution in [3.05, 3.63) is 6.92 Å². The molecule has 0 saturated carbocycles. The molecule has 2 nitrogen and oxygen atoms in total. The van der Waals surface area contributed by atoms with Crippen LogP contribution in [0.1, 0.15) is 33.1 Å². The lowest BCUT2D eigenvalue weighted by Gasteiger charge is -2.10. The van der Waals surface area contributed by atoms with Crippen molar-refractivity contribution in [2.75, 3.05) is 6.54 Å². The quantitative estimate of drug-likeness (QED) is 0.645. The standard InChI is InChI=1S/C9H18NO/c1-4-6-8(3)7-10-9(11)5-2/h8H,2,4-7H2,1,3H3,(H,10,11). The summed E-state index contributed by atoms with van der Waals surface area (Å²) in [4.78, 5) is 10.7. The Morgan fingerprint density at radius 2 is 2.27 bits per heavy atom. The molecule has 11 heavy (non-hydrogen) atoms. The lowest BCUT2D eigenvalue weighted by Crippen LogP contribution is -2.27. The normalized spacial score (nSPS) is 12.6. The molecule has 0 saturated heterocycles. The lowest BCUT2D eigenvalue weighted by atomic mass is 10.1. The van der Waals surface area contributed by atoms with Crippen molar-refractivity contribution in [2.24, 2.45) is 5.92 Å². The van der Waals surface area contributed by atoms with Gasteiger partial charge >= 0.3 is 0 Å². The molecule has 1 atom stereocenters. The van der Waals surface area contributed by atoms with Crippen molar-refractivity contribution < 1.29 is 4.79 Å². The Labute approximate surface area is 69.4 Å². The summed E-state index contributed by atoms with van der Waals surface area (Å²) in [7, 11) is 0. The predicted octanol–water partition coefficient (Wildman–Crippen LogP) is 1.76. The van der Waals surface area contributed by atoms with E-state index in [9.17, 15) is 4.79 Å². The molecule has 0 heterocycles. The number of hydrogen-bond acceptors (Lipinski definition) is 1. The van der Waals surface area contributed by atoms with Crippen molar-refractivity contribution >= 4 is 5.91 Å². The number of amides is 1. The molecule has 0 aromatic rings. The molecule has 65 valence electrons. The summed E-state index contributed by atoms with van der Waals surface area (Å²) in [6, 6.07) is 0. The van der Waals surface area contributed by atoms with E-state index in [1.807, 2.05) is 0 Å².